The van der Waals surface area contributed by atoms with Gasteiger partial charge in [-0.15, -0.1) is 11.3 Å². The Balaban J connectivity index is 1.67. The van der Waals surface area contributed by atoms with Gasteiger partial charge in [0.2, 0.25) is 0 Å². The van der Waals surface area contributed by atoms with Crippen LogP contribution in [0.5, 0.6) is 17.2 Å². The van der Waals surface area contributed by atoms with Crippen molar-refractivity contribution in [3.63, 3.8) is 0 Å². The van der Waals surface area contributed by atoms with E-state index in [0.717, 1.165) is 21.9 Å². The first-order valence-electron chi connectivity index (χ1n) is 7.83. The lowest BCUT2D eigenvalue weighted by Gasteiger charge is -2.11. The molecule has 0 spiro atoms. The minimum atomic E-state index is -0.805. The standard InChI is InChI=1S/C20H18O4S/c1-23-15-8-10-17(11-9-15)24-16-6-4-14(5-7-16)13-18(20(21)22)19-3-2-12-25-19/h2-12,18H,13H2,1H3,(H,21,22). The molecule has 0 radical (unpaired) electrons. The van der Waals surface area contributed by atoms with Crippen molar-refractivity contribution in [2.75, 3.05) is 7.11 Å². The number of hydrogen-bond donors (Lipinski definition) is 1. The van der Waals surface area contributed by atoms with Gasteiger partial charge in [-0.3, -0.25) is 4.79 Å². The van der Waals surface area contributed by atoms with Crippen molar-refractivity contribution in [3.8, 4) is 17.2 Å². The topological polar surface area (TPSA) is 55.8 Å². The third kappa shape index (κ3) is 4.39. The highest BCUT2D eigenvalue weighted by atomic mass is 32.1. The van der Waals surface area contributed by atoms with Crippen LogP contribution in [0.15, 0.2) is 66.0 Å². The van der Waals surface area contributed by atoms with Crippen molar-refractivity contribution < 1.29 is 19.4 Å². The molecule has 0 saturated heterocycles. The molecule has 1 unspecified atom stereocenters. The molecule has 4 nitrogen and oxygen atoms in total. The highest BCUT2D eigenvalue weighted by Gasteiger charge is 2.21. The van der Waals surface area contributed by atoms with Crippen LogP contribution in [0.4, 0.5) is 0 Å². The van der Waals surface area contributed by atoms with Crippen LogP contribution in [-0.4, -0.2) is 18.2 Å². The molecule has 0 aliphatic rings. The molecule has 1 N–H and O–H groups in total. The summed E-state index contributed by atoms with van der Waals surface area (Å²) in [4.78, 5) is 12.4. The molecule has 0 saturated carbocycles. The van der Waals surface area contributed by atoms with E-state index < -0.39 is 11.9 Å². The minimum absolute atomic E-state index is 0.457. The number of benzene rings is 2. The maximum absolute atomic E-state index is 11.5. The summed E-state index contributed by atoms with van der Waals surface area (Å²) >= 11 is 1.47. The summed E-state index contributed by atoms with van der Waals surface area (Å²) in [5, 5.41) is 11.4. The third-order valence-electron chi connectivity index (χ3n) is 3.84. The second kappa shape index (κ2) is 7.85. The molecule has 5 heteroatoms. The van der Waals surface area contributed by atoms with E-state index in [4.69, 9.17) is 9.47 Å². The predicted octanol–water partition coefficient (Wildman–Crippen LogP) is 4.96. The van der Waals surface area contributed by atoms with Crippen molar-refractivity contribution in [2.45, 2.75) is 12.3 Å². The molecular formula is C20H18O4S. The molecule has 1 aromatic heterocycles. The van der Waals surface area contributed by atoms with Crippen molar-refractivity contribution in [2.24, 2.45) is 0 Å². The number of carboxylic acid groups (broad SMARTS) is 1. The van der Waals surface area contributed by atoms with E-state index in [1.807, 2.05) is 66.0 Å². The molecule has 2 aromatic carbocycles. The zero-order valence-electron chi connectivity index (χ0n) is 13.7. The van der Waals surface area contributed by atoms with Crippen molar-refractivity contribution >= 4 is 17.3 Å². The average molecular weight is 354 g/mol. The number of carbonyl (C=O) groups is 1. The number of methoxy groups -OCH3 is 1. The van der Waals surface area contributed by atoms with Gasteiger partial charge >= 0.3 is 5.97 Å². The van der Waals surface area contributed by atoms with Gasteiger partial charge < -0.3 is 14.6 Å². The predicted molar refractivity (Wildman–Crippen MR) is 97.9 cm³/mol. The average Bonchev–Trinajstić information content (AvgIpc) is 3.15. The third-order valence-corrected chi connectivity index (χ3v) is 4.83. The normalized spacial score (nSPS) is 11.7. The van der Waals surface area contributed by atoms with Crippen LogP contribution in [-0.2, 0) is 11.2 Å². The fourth-order valence-corrected chi connectivity index (χ4v) is 3.33. The number of thiophene rings is 1. The van der Waals surface area contributed by atoms with Crippen LogP contribution < -0.4 is 9.47 Å². The first kappa shape index (κ1) is 17.0. The van der Waals surface area contributed by atoms with E-state index >= 15 is 0 Å². The van der Waals surface area contributed by atoms with Gasteiger partial charge in [-0.2, -0.15) is 0 Å². The second-order valence-electron chi connectivity index (χ2n) is 5.53. The van der Waals surface area contributed by atoms with Crippen molar-refractivity contribution in [3.05, 3.63) is 76.5 Å². The number of ether oxygens (including phenoxy) is 2. The minimum Gasteiger partial charge on any atom is -0.497 e. The molecule has 3 aromatic rings. The summed E-state index contributed by atoms with van der Waals surface area (Å²) in [6, 6.07) is 18.6. The van der Waals surface area contributed by atoms with Crippen molar-refractivity contribution in [1.82, 2.24) is 0 Å². The van der Waals surface area contributed by atoms with Crippen LogP contribution in [0.2, 0.25) is 0 Å². The largest absolute Gasteiger partial charge is 0.497 e. The van der Waals surface area contributed by atoms with Gasteiger partial charge in [0.25, 0.3) is 0 Å². The summed E-state index contributed by atoms with van der Waals surface area (Å²) in [7, 11) is 1.62. The molecule has 3 rings (SSSR count). The number of rotatable bonds is 7. The second-order valence-corrected chi connectivity index (χ2v) is 6.51. The molecule has 1 atom stereocenters. The molecule has 1 heterocycles. The zero-order valence-corrected chi connectivity index (χ0v) is 14.5. The Bertz CT molecular complexity index is 808. The Kier molecular flexibility index (Phi) is 5.36. The van der Waals surface area contributed by atoms with Crippen LogP contribution in [0.25, 0.3) is 0 Å². The fourth-order valence-electron chi connectivity index (χ4n) is 2.51. The lowest BCUT2D eigenvalue weighted by molar-refractivity contribution is -0.138. The lowest BCUT2D eigenvalue weighted by atomic mass is 9.98. The molecule has 0 amide bonds. The first-order chi connectivity index (χ1) is 12.2. The fraction of sp³-hybridized carbons (Fsp3) is 0.150. The van der Waals surface area contributed by atoms with E-state index in [-0.39, 0.29) is 0 Å². The van der Waals surface area contributed by atoms with E-state index in [1.54, 1.807) is 7.11 Å². The van der Waals surface area contributed by atoms with E-state index in [2.05, 4.69) is 0 Å². The van der Waals surface area contributed by atoms with Gasteiger partial charge in [0.1, 0.15) is 17.2 Å². The van der Waals surface area contributed by atoms with E-state index in [9.17, 15) is 9.90 Å². The lowest BCUT2D eigenvalue weighted by Crippen LogP contribution is -2.13. The Morgan fingerprint density at radius 2 is 1.60 bits per heavy atom. The summed E-state index contributed by atoms with van der Waals surface area (Å²) in [6.45, 7) is 0. The highest BCUT2D eigenvalue weighted by molar-refractivity contribution is 7.10. The van der Waals surface area contributed by atoms with Gasteiger partial charge in [-0.1, -0.05) is 18.2 Å². The van der Waals surface area contributed by atoms with E-state index in [0.29, 0.717) is 12.2 Å². The maximum atomic E-state index is 11.5. The van der Waals surface area contributed by atoms with Crippen LogP contribution >= 0.6 is 11.3 Å². The quantitative estimate of drug-likeness (QED) is 0.651. The van der Waals surface area contributed by atoms with Gasteiger partial charge in [0.15, 0.2) is 0 Å². The van der Waals surface area contributed by atoms with Gasteiger partial charge in [-0.05, 0) is 59.8 Å². The molecule has 25 heavy (non-hydrogen) atoms. The maximum Gasteiger partial charge on any atom is 0.312 e. The van der Waals surface area contributed by atoms with Crippen LogP contribution in [0.1, 0.15) is 16.4 Å². The van der Waals surface area contributed by atoms with Gasteiger partial charge in [0.05, 0.1) is 13.0 Å². The first-order valence-corrected chi connectivity index (χ1v) is 8.71. The summed E-state index contributed by atoms with van der Waals surface area (Å²) in [5.41, 5.74) is 0.961. The molecule has 0 bridgehead atoms. The van der Waals surface area contributed by atoms with Crippen LogP contribution in [0.3, 0.4) is 0 Å². The Morgan fingerprint density at radius 3 is 2.12 bits per heavy atom. The molecule has 0 aliphatic heterocycles. The highest BCUT2D eigenvalue weighted by Crippen LogP contribution is 2.28. The number of hydrogen-bond acceptors (Lipinski definition) is 4. The Morgan fingerprint density at radius 1 is 1.00 bits per heavy atom. The van der Waals surface area contributed by atoms with Crippen molar-refractivity contribution in [1.29, 1.82) is 0 Å². The Labute approximate surface area is 150 Å². The smallest absolute Gasteiger partial charge is 0.312 e. The van der Waals surface area contributed by atoms with Crippen LogP contribution in [0, 0.1) is 0 Å². The molecular weight excluding hydrogens is 336 g/mol. The Hall–Kier alpha value is -2.79. The summed E-state index contributed by atoms with van der Waals surface area (Å²) < 4.78 is 10.9. The summed E-state index contributed by atoms with van der Waals surface area (Å²) in [5.74, 6) is 0.873. The monoisotopic (exact) mass is 354 g/mol. The molecule has 128 valence electrons. The molecule has 0 aliphatic carbocycles. The molecule has 0 fully saturated rings. The number of aliphatic carboxylic acids is 1. The zero-order chi connectivity index (χ0) is 17.6. The van der Waals surface area contributed by atoms with Gasteiger partial charge in [-0.25, -0.2) is 0 Å². The van der Waals surface area contributed by atoms with E-state index in [1.165, 1.54) is 11.3 Å². The number of carboxylic acids is 1. The summed E-state index contributed by atoms with van der Waals surface area (Å²) in [6.07, 6.45) is 0.457. The van der Waals surface area contributed by atoms with Gasteiger partial charge in [0, 0.05) is 4.88 Å². The SMILES string of the molecule is COc1ccc(Oc2ccc(CC(C(=O)O)c3cccs3)cc2)cc1.